The highest BCUT2D eigenvalue weighted by Gasteiger charge is 2.32. The molecule has 0 atom stereocenters. The minimum atomic E-state index is -0.672. The smallest absolute Gasteiger partial charge is 0.302 e. The third-order valence-electron chi connectivity index (χ3n) is 3.03. The number of nitro benzene ring substituents is 2. The standard InChI is InChI=1S/C14H13N3O4/c1-5-7-15(8-6-2)14-12(16(18)19)9-10(3)11(4)13(14)17(20)21/h1-2,9H,7-8H2,3-4H3. The average Bonchev–Trinajstić information content (AvgIpc) is 2.40. The SMILES string of the molecule is C#CCN(CC#C)c1c([N+](=O)[O-])cc(C)c(C)c1[N+](=O)[O-]. The summed E-state index contributed by atoms with van der Waals surface area (Å²) >= 11 is 0. The van der Waals surface area contributed by atoms with Crippen molar-refractivity contribution in [2.45, 2.75) is 13.8 Å². The van der Waals surface area contributed by atoms with Crippen LogP contribution in [0.5, 0.6) is 0 Å². The highest BCUT2D eigenvalue weighted by Crippen LogP contribution is 2.41. The van der Waals surface area contributed by atoms with Gasteiger partial charge in [-0.05, 0) is 19.4 Å². The lowest BCUT2D eigenvalue weighted by molar-refractivity contribution is -0.393. The molecule has 21 heavy (non-hydrogen) atoms. The number of terminal acetylenes is 2. The fraction of sp³-hybridized carbons (Fsp3) is 0.286. The van der Waals surface area contributed by atoms with Crippen molar-refractivity contribution in [1.82, 2.24) is 0 Å². The summed E-state index contributed by atoms with van der Waals surface area (Å²) in [6.07, 6.45) is 10.4. The maximum Gasteiger partial charge on any atom is 0.302 e. The maximum atomic E-state index is 11.3. The van der Waals surface area contributed by atoms with Crippen LogP contribution >= 0.6 is 0 Å². The summed E-state index contributed by atoms with van der Waals surface area (Å²) in [5.41, 5.74) is -0.0651. The molecule has 0 saturated heterocycles. The average molecular weight is 287 g/mol. The summed E-state index contributed by atoms with van der Waals surface area (Å²) in [6.45, 7) is 2.99. The zero-order chi connectivity index (χ0) is 16.2. The Morgan fingerprint density at radius 3 is 2.05 bits per heavy atom. The Kier molecular flexibility index (Phi) is 4.87. The van der Waals surface area contributed by atoms with Gasteiger partial charge in [-0.15, -0.1) is 12.8 Å². The first-order valence-corrected chi connectivity index (χ1v) is 5.90. The first-order chi connectivity index (χ1) is 9.84. The lowest BCUT2D eigenvalue weighted by Gasteiger charge is -2.20. The third kappa shape index (κ3) is 3.10. The quantitative estimate of drug-likeness (QED) is 0.470. The molecule has 0 fully saturated rings. The number of benzene rings is 1. The van der Waals surface area contributed by atoms with Crippen LogP contribution in [0.1, 0.15) is 11.1 Å². The second-order valence-electron chi connectivity index (χ2n) is 4.31. The van der Waals surface area contributed by atoms with Crippen molar-refractivity contribution < 1.29 is 9.85 Å². The molecular formula is C14H13N3O4. The van der Waals surface area contributed by atoms with Gasteiger partial charge in [-0.1, -0.05) is 11.8 Å². The summed E-state index contributed by atoms with van der Waals surface area (Å²) in [5, 5.41) is 22.6. The molecule has 0 saturated carbocycles. The van der Waals surface area contributed by atoms with Crippen molar-refractivity contribution in [3.05, 3.63) is 37.4 Å². The summed E-state index contributed by atoms with van der Waals surface area (Å²) in [4.78, 5) is 22.5. The van der Waals surface area contributed by atoms with Crippen LogP contribution in [0.2, 0.25) is 0 Å². The molecule has 1 aromatic carbocycles. The Balaban J connectivity index is 3.78. The molecule has 0 aliphatic heterocycles. The molecule has 0 aliphatic carbocycles. The summed E-state index contributed by atoms with van der Waals surface area (Å²) in [7, 11) is 0. The van der Waals surface area contributed by atoms with E-state index in [9.17, 15) is 20.2 Å². The molecule has 0 amide bonds. The molecule has 1 aromatic rings. The number of rotatable bonds is 5. The molecular weight excluding hydrogens is 274 g/mol. The van der Waals surface area contributed by atoms with Crippen molar-refractivity contribution in [2.75, 3.05) is 18.0 Å². The van der Waals surface area contributed by atoms with Gasteiger partial charge in [0.15, 0.2) is 5.69 Å². The topological polar surface area (TPSA) is 89.5 Å². The van der Waals surface area contributed by atoms with E-state index in [1.54, 1.807) is 6.92 Å². The van der Waals surface area contributed by atoms with Crippen molar-refractivity contribution in [3.63, 3.8) is 0 Å². The predicted molar refractivity (Wildman–Crippen MR) is 79.1 cm³/mol. The van der Waals surface area contributed by atoms with E-state index in [0.29, 0.717) is 11.1 Å². The number of aryl methyl sites for hydroxylation is 1. The van der Waals surface area contributed by atoms with Crippen molar-refractivity contribution >= 4 is 17.1 Å². The van der Waals surface area contributed by atoms with Crippen LogP contribution in [-0.2, 0) is 0 Å². The van der Waals surface area contributed by atoms with Gasteiger partial charge in [-0.3, -0.25) is 20.2 Å². The third-order valence-corrected chi connectivity index (χ3v) is 3.03. The van der Waals surface area contributed by atoms with Crippen LogP contribution < -0.4 is 4.90 Å². The minimum absolute atomic E-state index is 0.0611. The minimum Gasteiger partial charge on any atom is -0.338 e. The molecule has 0 radical (unpaired) electrons. The number of hydrogen-bond donors (Lipinski definition) is 0. The van der Waals surface area contributed by atoms with Gasteiger partial charge in [-0.25, -0.2) is 0 Å². The van der Waals surface area contributed by atoms with Gasteiger partial charge in [0.1, 0.15) is 0 Å². The van der Waals surface area contributed by atoms with Crippen LogP contribution in [0.25, 0.3) is 0 Å². The van der Waals surface area contributed by atoms with E-state index in [-0.39, 0.29) is 30.2 Å². The molecule has 7 nitrogen and oxygen atoms in total. The Bertz CT molecular complexity index is 667. The van der Waals surface area contributed by atoms with Crippen LogP contribution in [-0.4, -0.2) is 22.9 Å². The Labute approximate surface area is 121 Å². The predicted octanol–water partition coefficient (Wildman–Crippen LogP) is 2.19. The monoisotopic (exact) mass is 287 g/mol. The molecule has 0 N–H and O–H groups in total. The second kappa shape index (κ2) is 6.40. The van der Waals surface area contributed by atoms with E-state index in [0.717, 1.165) is 0 Å². The Hall–Kier alpha value is -3.06. The lowest BCUT2D eigenvalue weighted by atomic mass is 10.0. The molecule has 0 aliphatic rings. The van der Waals surface area contributed by atoms with Gasteiger partial charge in [0.25, 0.3) is 5.69 Å². The van der Waals surface area contributed by atoms with Crippen LogP contribution in [0.3, 0.4) is 0 Å². The number of hydrogen-bond acceptors (Lipinski definition) is 5. The first-order valence-electron chi connectivity index (χ1n) is 5.90. The van der Waals surface area contributed by atoms with Gasteiger partial charge < -0.3 is 4.90 Å². The highest BCUT2D eigenvalue weighted by molar-refractivity contribution is 5.79. The summed E-state index contributed by atoms with van der Waals surface area (Å²) in [6, 6.07) is 1.29. The molecule has 0 bridgehead atoms. The van der Waals surface area contributed by atoms with Crippen LogP contribution in [0.4, 0.5) is 17.1 Å². The molecule has 108 valence electrons. The van der Waals surface area contributed by atoms with Crippen molar-refractivity contribution in [2.24, 2.45) is 0 Å². The fourth-order valence-corrected chi connectivity index (χ4v) is 1.98. The molecule has 0 aromatic heterocycles. The van der Waals surface area contributed by atoms with Gasteiger partial charge in [0.2, 0.25) is 0 Å². The zero-order valence-electron chi connectivity index (χ0n) is 11.6. The largest absolute Gasteiger partial charge is 0.338 e. The fourth-order valence-electron chi connectivity index (χ4n) is 1.98. The number of nitro groups is 2. The number of nitrogens with zero attached hydrogens (tertiary/aromatic N) is 3. The van der Waals surface area contributed by atoms with Crippen molar-refractivity contribution in [1.29, 1.82) is 0 Å². The van der Waals surface area contributed by atoms with Gasteiger partial charge in [0, 0.05) is 11.6 Å². The highest BCUT2D eigenvalue weighted by atomic mass is 16.6. The van der Waals surface area contributed by atoms with Crippen molar-refractivity contribution in [3.8, 4) is 24.7 Å². The number of anilines is 1. The normalized spacial score (nSPS) is 9.52. The molecule has 1 rings (SSSR count). The molecule has 7 heteroatoms. The van der Waals surface area contributed by atoms with Gasteiger partial charge in [0.05, 0.1) is 22.9 Å². The van der Waals surface area contributed by atoms with Crippen LogP contribution in [0.15, 0.2) is 6.07 Å². The van der Waals surface area contributed by atoms with E-state index < -0.39 is 9.85 Å². The summed E-state index contributed by atoms with van der Waals surface area (Å²) < 4.78 is 0. The zero-order valence-corrected chi connectivity index (χ0v) is 11.6. The molecule has 0 heterocycles. The Morgan fingerprint density at radius 2 is 1.67 bits per heavy atom. The van der Waals surface area contributed by atoms with E-state index >= 15 is 0 Å². The molecule has 0 spiro atoms. The summed E-state index contributed by atoms with van der Waals surface area (Å²) in [5.74, 6) is 4.61. The van der Waals surface area contributed by atoms with E-state index in [1.165, 1.54) is 17.9 Å². The lowest BCUT2D eigenvalue weighted by Crippen LogP contribution is -2.26. The van der Waals surface area contributed by atoms with E-state index in [2.05, 4.69) is 11.8 Å². The van der Waals surface area contributed by atoms with E-state index in [1.807, 2.05) is 0 Å². The first kappa shape index (κ1) is 16.0. The Morgan fingerprint density at radius 1 is 1.14 bits per heavy atom. The second-order valence-corrected chi connectivity index (χ2v) is 4.31. The van der Waals surface area contributed by atoms with Crippen LogP contribution in [0, 0.1) is 58.8 Å². The van der Waals surface area contributed by atoms with Gasteiger partial charge in [-0.2, -0.15) is 0 Å². The van der Waals surface area contributed by atoms with Gasteiger partial charge >= 0.3 is 5.69 Å². The maximum absolute atomic E-state index is 11.3. The molecule has 0 unspecified atom stereocenters. The van der Waals surface area contributed by atoms with E-state index in [4.69, 9.17) is 12.8 Å².